The van der Waals surface area contributed by atoms with Crippen LogP contribution in [0.4, 0.5) is 0 Å². The van der Waals surface area contributed by atoms with Crippen LogP contribution in [0.25, 0.3) is 0 Å². The fourth-order valence-electron chi connectivity index (χ4n) is 2.55. The normalized spacial score (nSPS) is 15.7. The number of benzene rings is 1. The lowest BCUT2D eigenvalue weighted by atomic mass is 10.0. The van der Waals surface area contributed by atoms with Gasteiger partial charge in [0.1, 0.15) is 5.75 Å². The van der Waals surface area contributed by atoms with E-state index in [9.17, 15) is 9.59 Å². The minimum Gasteiger partial charge on any atom is -0.511 e. The predicted molar refractivity (Wildman–Crippen MR) is 87.7 cm³/mol. The molecule has 0 saturated carbocycles. The molecule has 1 aromatic carbocycles. The predicted octanol–water partition coefficient (Wildman–Crippen LogP) is 4.48. The Bertz CT molecular complexity index is 566. The van der Waals surface area contributed by atoms with Crippen LogP contribution >= 0.6 is 0 Å². The van der Waals surface area contributed by atoms with Crippen molar-refractivity contribution >= 4 is 20.3 Å². The Labute approximate surface area is 133 Å². The van der Waals surface area contributed by atoms with Gasteiger partial charge in [-0.1, -0.05) is 32.6 Å². The van der Waals surface area contributed by atoms with E-state index >= 15 is 0 Å². The number of carbonyl (C=O) groups excluding carboxylic acids is 2. The van der Waals surface area contributed by atoms with Gasteiger partial charge in [-0.3, -0.25) is 4.79 Å². The number of ketones is 1. The summed E-state index contributed by atoms with van der Waals surface area (Å²) in [4.78, 5) is 24.2. The highest BCUT2D eigenvalue weighted by molar-refractivity contribution is 6.67. The molecule has 22 heavy (non-hydrogen) atoms. The quantitative estimate of drug-likeness (QED) is 0.422. The molecule has 0 spiro atoms. The molecule has 4 nitrogen and oxygen atoms in total. The van der Waals surface area contributed by atoms with E-state index in [4.69, 9.17) is 8.85 Å². The van der Waals surface area contributed by atoms with Gasteiger partial charge in [-0.05, 0) is 24.6 Å². The third kappa shape index (κ3) is 4.19. The number of carbonyl (C=O) groups is 2. The van der Waals surface area contributed by atoms with Gasteiger partial charge in [-0.25, -0.2) is 4.79 Å². The van der Waals surface area contributed by atoms with Crippen LogP contribution in [-0.2, 0) is 4.43 Å². The Balaban J connectivity index is 2.00. The summed E-state index contributed by atoms with van der Waals surface area (Å²) >= 11 is 0. The lowest BCUT2D eigenvalue weighted by Crippen LogP contribution is -2.44. The smallest absolute Gasteiger partial charge is 0.456 e. The van der Waals surface area contributed by atoms with E-state index in [0.29, 0.717) is 23.3 Å². The third-order valence-corrected chi connectivity index (χ3v) is 5.11. The van der Waals surface area contributed by atoms with E-state index in [2.05, 4.69) is 6.92 Å². The summed E-state index contributed by atoms with van der Waals surface area (Å²) in [6, 6.07) is 5.07. The standard InChI is InChI=1S/C17H24O4Si/c1-4-5-6-7-8-9-15(18)13-10-11-16-14(12-13)17(19)21-22(2,3)20-16/h10-12H,4-9H2,1-3H3. The van der Waals surface area contributed by atoms with Crippen LogP contribution in [0.1, 0.15) is 66.2 Å². The summed E-state index contributed by atoms with van der Waals surface area (Å²) in [5.74, 6) is 0.233. The van der Waals surface area contributed by atoms with Crippen molar-refractivity contribution < 1.29 is 18.4 Å². The minimum absolute atomic E-state index is 0.0779. The maximum Gasteiger partial charge on any atom is 0.456 e. The Morgan fingerprint density at radius 2 is 1.82 bits per heavy atom. The molecule has 1 aromatic rings. The maximum absolute atomic E-state index is 12.2. The van der Waals surface area contributed by atoms with E-state index in [0.717, 1.165) is 12.8 Å². The van der Waals surface area contributed by atoms with Gasteiger partial charge in [0.05, 0.1) is 5.56 Å². The molecule has 0 aromatic heterocycles. The molecule has 1 heterocycles. The summed E-state index contributed by atoms with van der Waals surface area (Å²) in [6.07, 6.45) is 6.09. The second-order valence-corrected chi connectivity index (χ2v) is 9.40. The zero-order valence-electron chi connectivity index (χ0n) is 13.6. The van der Waals surface area contributed by atoms with Gasteiger partial charge in [0.25, 0.3) is 0 Å². The Hall–Kier alpha value is -1.62. The van der Waals surface area contributed by atoms with Crippen LogP contribution in [0.3, 0.4) is 0 Å². The third-order valence-electron chi connectivity index (χ3n) is 3.72. The number of rotatable bonds is 7. The fraction of sp³-hybridized carbons (Fsp3) is 0.529. The lowest BCUT2D eigenvalue weighted by molar-refractivity contribution is 0.0662. The lowest BCUT2D eigenvalue weighted by Gasteiger charge is -2.29. The number of hydrogen-bond acceptors (Lipinski definition) is 4. The van der Waals surface area contributed by atoms with Crippen molar-refractivity contribution in [2.24, 2.45) is 0 Å². The van der Waals surface area contributed by atoms with Gasteiger partial charge in [0, 0.05) is 25.1 Å². The van der Waals surface area contributed by atoms with E-state index < -0.39 is 8.56 Å². The maximum atomic E-state index is 12.2. The summed E-state index contributed by atoms with van der Waals surface area (Å²) < 4.78 is 11.1. The number of hydrogen-bond donors (Lipinski definition) is 0. The van der Waals surface area contributed by atoms with Crippen molar-refractivity contribution in [3.63, 3.8) is 0 Å². The fourth-order valence-corrected chi connectivity index (χ4v) is 3.85. The van der Waals surface area contributed by atoms with Crippen molar-refractivity contribution in [3.05, 3.63) is 29.3 Å². The molecule has 1 aliphatic heterocycles. The Morgan fingerprint density at radius 1 is 1.09 bits per heavy atom. The number of Topliss-reactive ketones (excluding diaryl/α,β-unsaturated/α-hetero) is 1. The molecule has 0 fully saturated rings. The summed E-state index contributed by atoms with van der Waals surface area (Å²) in [6.45, 7) is 5.82. The van der Waals surface area contributed by atoms with Gasteiger partial charge < -0.3 is 8.85 Å². The average molecular weight is 320 g/mol. The van der Waals surface area contributed by atoms with Gasteiger partial charge in [0.15, 0.2) is 5.78 Å². The van der Waals surface area contributed by atoms with E-state index in [1.165, 1.54) is 19.3 Å². The van der Waals surface area contributed by atoms with Gasteiger partial charge in [0.2, 0.25) is 0 Å². The summed E-state index contributed by atoms with van der Waals surface area (Å²) in [5.41, 5.74) is 0.930. The first-order valence-corrected chi connectivity index (χ1v) is 10.8. The largest absolute Gasteiger partial charge is 0.511 e. The molecule has 2 rings (SSSR count). The molecule has 0 aliphatic carbocycles. The highest BCUT2D eigenvalue weighted by Crippen LogP contribution is 2.30. The SMILES string of the molecule is CCCCCCCC(=O)c1ccc2c(c1)C(=O)O[Si](C)(C)O2. The molecule has 0 atom stereocenters. The monoisotopic (exact) mass is 320 g/mol. The molecule has 0 unspecified atom stereocenters. The average Bonchev–Trinajstić information content (AvgIpc) is 2.45. The van der Waals surface area contributed by atoms with Crippen molar-refractivity contribution in [1.82, 2.24) is 0 Å². The molecule has 0 radical (unpaired) electrons. The first kappa shape index (κ1) is 16.7. The molecular formula is C17H24O4Si. The summed E-state index contributed by atoms with van der Waals surface area (Å²) in [5, 5.41) is 0. The second-order valence-electron chi connectivity index (χ2n) is 6.19. The zero-order valence-corrected chi connectivity index (χ0v) is 14.6. The topological polar surface area (TPSA) is 52.6 Å². The van der Waals surface area contributed by atoms with Crippen LogP contribution in [0.5, 0.6) is 5.75 Å². The number of fused-ring (bicyclic) bond motifs is 1. The van der Waals surface area contributed by atoms with Gasteiger partial charge in [-0.2, -0.15) is 0 Å². The molecule has 5 heteroatoms. The minimum atomic E-state index is -2.42. The molecule has 0 bridgehead atoms. The first-order valence-electron chi connectivity index (χ1n) is 8.02. The van der Waals surface area contributed by atoms with Gasteiger partial charge in [-0.15, -0.1) is 0 Å². The molecule has 120 valence electrons. The van der Waals surface area contributed by atoms with Crippen LogP contribution in [-0.4, -0.2) is 20.3 Å². The van der Waals surface area contributed by atoms with Crippen molar-refractivity contribution in [1.29, 1.82) is 0 Å². The molecule has 0 amide bonds. The van der Waals surface area contributed by atoms with Crippen molar-refractivity contribution in [2.75, 3.05) is 0 Å². The van der Waals surface area contributed by atoms with Crippen molar-refractivity contribution in [2.45, 2.75) is 58.5 Å². The molecule has 1 aliphatic rings. The van der Waals surface area contributed by atoms with Crippen LogP contribution in [0, 0.1) is 0 Å². The van der Waals surface area contributed by atoms with Crippen LogP contribution in [0.2, 0.25) is 13.1 Å². The molecule has 0 N–H and O–H groups in total. The van der Waals surface area contributed by atoms with E-state index in [-0.39, 0.29) is 11.8 Å². The second kappa shape index (κ2) is 7.09. The van der Waals surface area contributed by atoms with Crippen LogP contribution in [0.15, 0.2) is 18.2 Å². The number of unbranched alkanes of at least 4 members (excludes halogenated alkanes) is 4. The van der Waals surface area contributed by atoms with Crippen molar-refractivity contribution in [3.8, 4) is 5.75 Å². The Morgan fingerprint density at radius 3 is 2.55 bits per heavy atom. The molecule has 0 saturated heterocycles. The Kier molecular flexibility index (Phi) is 5.40. The summed E-state index contributed by atoms with van der Waals surface area (Å²) in [7, 11) is -2.42. The van der Waals surface area contributed by atoms with Gasteiger partial charge >= 0.3 is 14.5 Å². The van der Waals surface area contributed by atoms with E-state index in [1.807, 2.05) is 13.1 Å². The van der Waals surface area contributed by atoms with E-state index in [1.54, 1.807) is 18.2 Å². The zero-order chi connectivity index (χ0) is 16.2. The highest BCUT2D eigenvalue weighted by atomic mass is 28.4. The molecular weight excluding hydrogens is 296 g/mol. The van der Waals surface area contributed by atoms with Crippen LogP contribution < -0.4 is 4.43 Å². The highest BCUT2D eigenvalue weighted by Gasteiger charge is 2.38. The first-order chi connectivity index (χ1) is 10.4.